The lowest BCUT2D eigenvalue weighted by Crippen LogP contribution is -2.45. The summed E-state index contributed by atoms with van der Waals surface area (Å²) in [7, 11) is 0. The first-order chi connectivity index (χ1) is 10.0. The molecule has 1 heterocycles. The molecule has 0 spiro atoms. The van der Waals surface area contributed by atoms with E-state index in [0.717, 1.165) is 12.0 Å². The van der Waals surface area contributed by atoms with Gasteiger partial charge in [0.15, 0.2) is 0 Å². The van der Waals surface area contributed by atoms with Crippen molar-refractivity contribution in [1.29, 1.82) is 0 Å². The van der Waals surface area contributed by atoms with Gasteiger partial charge < -0.3 is 10.2 Å². The maximum atomic E-state index is 12.9. The molecule has 1 saturated heterocycles. The summed E-state index contributed by atoms with van der Waals surface area (Å²) in [6.45, 7) is 6.85. The fraction of sp³-hybridized carbons (Fsp3) is 0.529. The van der Waals surface area contributed by atoms with Crippen LogP contribution in [0.3, 0.4) is 0 Å². The number of hydrogen-bond donors (Lipinski definition) is 1. The Morgan fingerprint density at radius 1 is 1.24 bits per heavy atom. The topological polar surface area (TPSA) is 49.4 Å². The zero-order chi connectivity index (χ0) is 15.4. The monoisotopic (exact) mass is 288 g/mol. The predicted molar refractivity (Wildman–Crippen MR) is 82.6 cm³/mol. The Balaban J connectivity index is 2.28. The number of amides is 2. The van der Waals surface area contributed by atoms with E-state index in [2.05, 4.69) is 26.1 Å². The van der Waals surface area contributed by atoms with Crippen LogP contribution >= 0.6 is 0 Å². The SMILES string of the molecule is CCC(C)C(C)N1CCC(=O)NC(c2ccccc2)C1=O. The summed E-state index contributed by atoms with van der Waals surface area (Å²) in [4.78, 5) is 26.7. The molecule has 0 bridgehead atoms. The fourth-order valence-corrected chi connectivity index (χ4v) is 2.72. The van der Waals surface area contributed by atoms with E-state index in [4.69, 9.17) is 0 Å². The van der Waals surface area contributed by atoms with Crippen LogP contribution in [-0.4, -0.2) is 29.3 Å². The fourth-order valence-electron chi connectivity index (χ4n) is 2.72. The number of benzene rings is 1. The van der Waals surface area contributed by atoms with E-state index in [-0.39, 0.29) is 17.9 Å². The van der Waals surface area contributed by atoms with Crippen LogP contribution in [0.5, 0.6) is 0 Å². The highest BCUT2D eigenvalue weighted by molar-refractivity contribution is 5.91. The van der Waals surface area contributed by atoms with Crippen LogP contribution in [0, 0.1) is 5.92 Å². The van der Waals surface area contributed by atoms with Gasteiger partial charge in [-0.2, -0.15) is 0 Å². The van der Waals surface area contributed by atoms with Crippen LogP contribution in [0.4, 0.5) is 0 Å². The molecule has 0 aliphatic carbocycles. The summed E-state index contributed by atoms with van der Waals surface area (Å²) in [5.41, 5.74) is 0.846. The minimum Gasteiger partial charge on any atom is -0.340 e. The first kappa shape index (κ1) is 15.5. The average Bonchev–Trinajstić information content (AvgIpc) is 2.66. The molecule has 1 aromatic carbocycles. The summed E-state index contributed by atoms with van der Waals surface area (Å²) in [5, 5.41) is 2.86. The summed E-state index contributed by atoms with van der Waals surface area (Å²) in [5.74, 6) is 0.356. The van der Waals surface area contributed by atoms with Gasteiger partial charge in [0, 0.05) is 19.0 Å². The van der Waals surface area contributed by atoms with Crippen molar-refractivity contribution in [2.75, 3.05) is 6.54 Å². The second-order valence-electron chi connectivity index (χ2n) is 5.82. The Kier molecular flexibility index (Phi) is 4.99. The summed E-state index contributed by atoms with van der Waals surface area (Å²) in [6, 6.07) is 9.05. The van der Waals surface area contributed by atoms with Crippen LogP contribution in [-0.2, 0) is 9.59 Å². The molecule has 3 unspecified atom stereocenters. The lowest BCUT2D eigenvalue weighted by Gasteiger charge is -2.33. The minimum absolute atomic E-state index is 0.000139. The molecule has 0 aromatic heterocycles. The molecule has 114 valence electrons. The first-order valence-electron chi connectivity index (χ1n) is 7.69. The van der Waals surface area contributed by atoms with Crippen molar-refractivity contribution in [2.45, 2.75) is 45.7 Å². The van der Waals surface area contributed by atoms with Gasteiger partial charge >= 0.3 is 0 Å². The number of carbonyl (C=O) groups is 2. The molecule has 1 aromatic rings. The van der Waals surface area contributed by atoms with Crippen molar-refractivity contribution in [3.63, 3.8) is 0 Å². The lowest BCUT2D eigenvalue weighted by atomic mass is 9.97. The van der Waals surface area contributed by atoms with Crippen LogP contribution in [0.25, 0.3) is 0 Å². The molecule has 1 N–H and O–H groups in total. The van der Waals surface area contributed by atoms with Crippen molar-refractivity contribution in [1.82, 2.24) is 10.2 Å². The van der Waals surface area contributed by atoms with Gasteiger partial charge in [0.2, 0.25) is 11.8 Å². The van der Waals surface area contributed by atoms with E-state index in [1.165, 1.54) is 0 Å². The van der Waals surface area contributed by atoms with Crippen molar-refractivity contribution in [3.05, 3.63) is 35.9 Å². The van der Waals surface area contributed by atoms with Gasteiger partial charge in [-0.1, -0.05) is 50.6 Å². The van der Waals surface area contributed by atoms with Gasteiger partial charge in [-0.15, -0.1) is 0 Å². The second kappa shape index (κ2) is 6.74. The first-order valence-corrected chi connectivity index (χ1v) is 7.69. The summed E-state index contributed by atoms with van der Waals surface area (Å²) < 4.78 is 0. The van der Waals surface area contributed by atoms with Gasteiger partial charge in [0.05, 0.1) is 0 Å². The molecule has 2 rings (SSSR count). The van der Waals surface area contributed by atoms with Crippen LogP contribution in [0.15, 0.2) is 30.3 Å². The van der Waals surface area contributed by atoms with E-state index in [1.807, 2.05) is 35.2 Å². The molecular weight excluding hydrogens is 264 g/mol. The maximum absolute atomic E-state index is 12.9. The van der Waals surface area contributed by atoms with Crippen molar-refractivity contribution < 1.29 is 9.59 Å². The third-order valence-electron chi connectivity index (χ3n) is 4.51. The Bertz CT molecular complexity index is 501. The number of rotatable bonds is 4. The quantitative estimate of drug-likeness (QED) is 0.925. The molecular formula is C17H24N2O2. The Morgan fingerprint density at radius 3 is 2.52 bits per heavy atom. The van der Waals surface area contributed by atoms with Crippen molar-refractivity contribution in [3.8, 4) is 0 Å². The molecule has 0 radical (unpaired) electrons. The number of hydrogen-bond acceptors (Lipinski definition) is 2. The van der Waals surface area contributed by atoms with Gasteiger partial charge in [-0.25, -0.2) is 0 Å². The zero-order valence-electron chi connectivity index (χ0n) is 13.0. The average molecular weight is 288 g/mol. The highest BCUT2D eigenvalue weighted by Gasteiger charge is 2.34. The third kappa shape index (κ3) is 3.43. The number of nitrogens with one attached hydrogen (secondary N) is 1. The van der Waals surface area contributed by atoms with E-state index in [0.29, 0.717) is 18.9 Å². The van der Waals surface area contributed by atoms with E-state index < -0.39 is 6.04 Å². The highest BCUT2D eigenvalue weighted by Crippen LogP contribution is 2.23. The standard InChI is InChI=1S/C17H24N2O2/c1-4-12(2)13(3)19-11-10-15(20)18-16(17(19)21)14-8-6-5-7-9-14/h5-9,12-13,16H,4,10-11H2,1-3H3,(H,18,20). The highest BCUT2D eigenvalue weighted by atomic mass is 16.2. The van der Waals surface area contributed by atoms with Gasteiger partial charge in [0.25, 0.3) is 0 Å². The molecule has 3 atom stereocenters. The summed E-state index contributed by atoms with van der Waals surface area (Å²) >= 11 is 0. The van der Waals surface area contributed by atoms with E-state index >= 15 is 0 Å². The van der Waals surface area contributed by atoms with Gasteiger partial charge in [-0.05, 0) is 18.4 Å². The molecule has 2 amide bonds. The molecule has 4 heteroatoms. The lowest BCUT2D eigenvalue weighted by molar-refractivity contribution is -0.136. The third-order valence-corrected chi connectivity index (χ3v) is 4.51. The summed E-state index contributed by atoms with van der Waals surface area (Å²) in [6.07, 6.45) is 1.39. The van der Waals surface area contributed by atoms with Crippen LogP contribution < -0.4 is 5.32 Å². The molecule has 1 aliphatic heterocycles. The molecule has 1 aliphatic rings. The van der Waals surface area contributed by atoms with Gasteiger partial charge in [-0.3, -0.25) is 9.59 Å². The number of carbonyl (C=O) groups excluding carboxylic acids is 2. The molecule has 0 saturated carbocycles. The number of nitrogens with zero attached hydrogens (tertiary/aromatic N) is 1. The zero-order valence-corrected chi connectivity index (χ0v) is 13.0. The van der Waals surface area contributed by atoms with Gasteiger partial charge in [0.1, 0.15) is 6.04 Å². The van der Waals surface area contributed by atoms with Crippen LogP contribution in [0.2, 0.25) is 0 Å². The Morgan fingerprint density at radius 2 is 1.90 bits per heavy atom. The minimum atomic E-state index is -0.562. The molecule has 21 heavy (non-hydrogen) atoms. The second-order valence-corrected chi connectivity index (χ2v) is 5.82. The maximum Gasteiger partial charge on any atom is 0.250 e. The normalized spacial score (nSPS) is 22.4. The smallest absolute Gasteiger partial charge is 0.250 e. The van der Waals surface area contributed by atoms with Crippen molar-refractivity contribution >= 4 is 11.8 Å². The van der Waals surface area contributed by atoms with Crippen molar-refractivity contribution in [2.24, 2.45) is 5.92 Å². The Labute approximate surface area is 126 Å². The van der Waals surface area contributed by atoms with Crippen LogP contribution in [0.1, 0.15) is 45.2 Å². The Hall–Kier alpha value is -1.84. The largest absolute Gasteiger partial charge is 0.340 e. The predicted octanol–water partition coefficient (Wildman–Crippen LogP) is 2.51. The molecule has 4 nitrogen and oxygen atoms in total. The van der Waals surface area contributed by atoms with E-state index in [1.54, 1.807) is 0 Å². The van der Waals surface area contributed by atoms with E-state index in [9.17, 15) is 9.59 Å². The molecule has 1 fully saturated rings.